The van der Waals surface area contributed by atoms with Crippen LogP contribution in [0.5, 0.6) is 0 Å². The van der Waals surface area contributed by atoms with Gasteiger partial charge in [0.25, 0.3) is 0 Å². The van der Waals surface area contributed by atoms with E-state index < -0.39 is 0 Å². The fourth-order valence-corrected chi connectivity index (χ4v) is 4.12. The van der Waals surface area contributed by atoms with Crippen molar-refractivity contribution in [3.8, 4) is 0 Å². The smallest absolute Gasteiger partial charge is 0.0708 e. The summed E-state index contributed by atoms with van der Waals surface area (Å²) in [6, 6.07) is 0. The van der Waals surface area contributed by atoms with Gasteiger partial charge in [-0.3, -0.25) is 0 Å². The second-order valence-corrected chi connectivity index (χ2v) is 6.54. The molecule has 0 amide bonds. The van der Waals surface area contributed by atoms with Crippen molar-refractivity contribution in [1.82, 2.24) is 0 Å². The molecule has 2 rings (SSSR count). The lowest BCUT2D eigenvalue weighted by molar-refractivity contribution is -0.155. The van der Waals surface area contributed by atoms with Gasteiger partial charge in [-0.1, -0.05) is 20.8 Å². The van der Waals surface area contributed by atoms with Crippen molar-refractivity contribution in [2.45, 2.75) is 65.4 Å². The molecule has 16 heavy (non-hydrogen) atoms. The number of ether oxygens (including phenoxy) is 1. The summed E-state index contributed by atoms with van der Waals surface area (Å²) >= 11 is 0. The van der Waals surface area contributed by atoms with Crippen LogP contribution in [0.4, 0.5) is 0 Å². The van der Waals surface area contributed by atoms with Crippen molar-refractivity contribution in [3.05, 3.63) is 0 Å². The van der Waals surface area contributed by atoms with E-state index in [-0.39, 0.29) is 5.60 Å². The van der Waals surface area contributed by atoms with Crippen LogP contribution in [0.3, 0.4) is 0 Å². The lowest BCUT2D eigenvalue weighted by Crippen LogP contribution is -2.51. The van der Waals surface area contributed by atoms with Crippen LogP contribution >= 0.6 is 0 Å². The first-order valence-electron chi connectivity index (χ1n) is 7.20. The molecule has 2 aliphatic rings. The Kier molecular flexibility index (Phi) is 3.63. The van der Waals surface area contributed by atoms with E-state index in [1.807, 2.05) is 0 Å². The summed E-state index contributed by atoms with van der Waals surface area (Å²) < 4.78 is 6.27. The van der Waals surface area contributed by atoms with Gasteiger partial charge in [-0.25, -0.2) is 0 Å². The fraction of sp³-hybridized carbons (Fsp3) is 1.00. The van der Waals surface area contributed by atoms with Crippen LogP contribution < -0.4 is 0 Å². The first-order chi connectivity index (χ1) is 7.56. The van der Waals surface area contributed by atoms with Crippen molar-refractivity contribution < 1.29 is 4.74 Å². The topological polar surface area (TPSA) is 9.23 Å². The van der Waals surface area contributed by atoms with E-state index in [0.717, 1.165) is 36.7 Å². The molecule has 2 bridgehead atoms. The number of hydrogen-bond donors (Lipinski definition) is 0. The predicted octanol–water partition coefficient (Wildman–Crippen LogP) is 4.26. The first-order valence-corrected chi connectivity index (χ1v) is 7.20. The molecule has 0 spiro atoms. The summed E-state index contributed by atoms with van der Waals surface area (Å²) in [5, 5.41) is 0. The SMILES string of the molecule is CCCOC1(C)C(C)CC2CC(C)CC1C2. The van der Waals surface area contributed by atoms with E-state index in [9.17, 15) is 0 Å². The number of hydrogen-bond acceptors (Lipinski definition) is 1. The standard InChI is InChI=1S/C15H28O/c1-5-6-16-15(4)12(3)9-13-7-11(2)8-14(15)10-13/h11-14H,5-10H2,1-4H3. The molecule has 2 aliphatic carbocycles. The predicted molar refractivity (Wildman–Crippen MR) is 68.4 cm³/mol. The quantitative estimate of drug-likeness (QED) is 0.696. The Morgan fingerprint density at radius 2 is 1.88 bits per heavy atom. The third-order valence-electron chi connectivity index (χ3n) is 5.13. The molecule has 0 aromatic heterocycles. The van der Waals surface area contributed by atoms with Crippen molar-refractivity contribution in [2.24, 2.45) is 23.7 Å². The highest BCUT2D eigenvalue weighted by molar-refractivity contribution is 4.98. The lowest BCUT2D eigenvalue weighted by atomic mass is 9.58. The maximum atomic E-state index is 6.27. The molecule has 1 nitrogen and oxygen atoms in total. The second-order valence-electron chi connectivity index (χ2n) is 6.54. The van der Waals surface area contributed by atoms with Crippen molar-refractivity contribution in [3.63, 3.8) is 0 Å². The van der Waals surface area contributed by atoms with Gasteiger partial charge < -0.3 is 4.74 Å². The summed E-state index contributed by atoms with van der Waals surface area (Å²) in [5.74, 6) is 3.47. The molecule has 0 heterocycles. The highest BCUT2D eigenvalue weighted by Crippen LogP contribution is 2.51. The molecule has 0 aromatic carbocycles. The van der Waals surface area contributed by atoms with E-state index in [2.05, 4.69) is 27.7 Å². The summed E-state index contributed by atoms with van der Waals surface area (Å²) in [5.41, 5.74) is 0.168. The van der Waals surface area contributed by atoms with Gasteiger partial charge in [-0.15, -0.1) is 0 Å². The van der Waals surface area contributed by atoms with Crippen LogP contribution in [-0.2, 0) is 4.74 Å². The maximum absolute atomic E-state index is 6.27. The Morgan fingerprint density at radius 3 is 2.56 bits per heavy atom. The minimum absolute atomic E-state index is 0.168. The Hall–Kier alpha value is -0.0400. The average Bonchev–Trinajstić information content (AvgIpc) is 2.23. The largest absolute Gasteiger partial charge is 0.375 e. The second kappa shape index (κ2) is 4.68. The maximum Gasteiger partial charge on any atom is 0.0708 e. The molecule has 5 unspecified atom stereocenters. The molecule has 0 saturated heterocycles. The van der Waals surface area contributed by atoms with E-state index in [1.54, 1.807) is 0 Å². The van der Waals surface area contributed by atoms with Crippen molar-refractivity contribution >= 4 is 0 Å². The van der Waals surface area contributed by atoms with Gasteiger partial charge in [0.1, 0.15) is 0 Å². The lowest BCUT2D eigenvalue weighted by Gasteiger charge is -2.52. The van der Waals surface area contributed by atoms with Crippen molar-refractivity contribution in [1.29, 1.82) is 0 Å². The van der Waals surface area contributed by atoms with Crippen LogP contribution in [0.15, 0.2) is 0 Å². The Balaban J connectivity index is 2.09. The summed E-state index contributed by atoms with van der Waals surface area (Å²) in [6.07, 6.45) is 6.82. The normalized spacial score (nSPS) is 48.0. The fourth-order valence-electron chi connectivity index (χ4n) is 4.12. The van der Waals surface area contributed by atoms with E-state index in [1.165, 1.54) is 25.7 Å². The van der Waals surface area contributed by atoms with Gasteiger partial charge >= 0.3 is 0 Å². The third-order valence-corrected chi connectivity index (χ3v) is 5.13. The van der Waals surface area contributed by atoms with Gasteiger partial charge in [-0.2, -0.15) is 0 Å². The van der Waals surface area contributed by atoms with Gasteiger partial charge in [0.15, 0.2) is 0 Å². The summed E-state index contributed by atoms with van der Waals surface area (Å²) in [7, 11) is 0. The zero-order valence-corrected chi connectivity index (χ0v) is 11.5. The monoisotopic (exact) mass is 224 g/mol. The Bertz CT molecular complexity index is 234. The summed E-state index contributed by atoms with van der Waals surface area (Å²) in [4.78, 5) is 0. The molecule has 5 atom stereocenters. The number of rotatable bonds is 3. The molecule has 0 radical (unpaired) electrons. The Labute approximate surface area is 101 Å². The van der Waals surface area contributed by atoms with E-state index in [4.69, 9.17) is 4.74 Å². The zero-order valence-electron chi connectivity index (χ0n) is 11.5. The zero-order chi connectivity index (χ0) is 11.8. The van der Waals surface area contributed by atoms with E-state index >= 15 is 0 Å². The molecule has 1 heteroatoms. The third kappa shape index (κ3) is 2.16. The van der Waals surface area contributed by atoms with Crippen LogP contribution in [-0.4, -0.2) is 12.2 Å². The highest BCUT2D eigenvalue weighted by Gasteiger charge is 2.48. The molecule has 0 N–H and O–H groups in total. The summed E-state index contributed by atoms with van der Waals surface area (Å²) in [6.45, 7) is 10.4. The highest BCUT2D eigenvalue weighted by atomic mass is 16.5. The van der Waals surface area contributed by atoms with Gasteiger partial charge in [0.2, 0.25) is 0 Å². The van der Waals surface area contributed by atoms with Crippen LogP contribution in [0.2, 0.25) is 0 Å². The van der Waals surface area contributed by atoms with Crippen LogP contribution in [0, 0.1) is 23.7 Å². The minimum Gasteiger partial charge on any atom is -0.375 e. The molecule has 94 valence electrons. The van der Waals surface area contributed by atoms with E-state index in [0.29, 0.717) is 0 Å². The average molecular weight is 224 g/mol. The molecule has 0 aromatic rings. The van der Waals surface area contributed by atoms with Crippen LogP contribution in [0.25, 0.3) is 0 Å². The van der Waals surface area contributed by atoms with Gasteiger partial charge in [0, 0.05) is 6.61 Å². The van der Waals surface area contributed by atoms with Gasteiger partial charge in [0.05, 0.1) is 5.60 Å². The Morgan fingerprint density at radius 1 is 1.12 bits per heavy atom. The molecule has 2 saturated carbocycles. The molecular weight excluding hydrogens is 196 g/mol. The molecule has 0 aliphatic heterocycles. The van der Waals surface area contributed by atoms with Gasteiger partial charge in [-0.05, 0) is 62.7 Å². The first kappa shape index (κ1) is 12.4. The number of fused-ring (bicyclic) bond motifs is 2. The van der Waals surface area contributed by atoms with Crippen LogP contribution in [0.1, 0.15) is 59.8 Å². The molecule has 2 fully saturated rings. The van der Waals surface area contributed by atoms with Crippen molar-refractivity contribution in [2.75, 3.05) is 6.61 Å². The molecular formula is C15H28O. The minimum atomic E-state index is 0.168.